The van der Waals surface area contributed by atoms with Gasteiger partial charge in [0.25, 0.3) is 0 Å². The minimum Gasteiger partial charge on any atom is -0.339 e. The van der Waals surface area contributed by atoms with Crippen molar-refractivity contribution in [2.75, 3.05) is 13.1 Å². The maximum atomic E-state index is 10.9. The van der Waals surface area contributed by atoms with Crippen molar-refractivity contribution in [2.45, 2.75) is 12.8 Å². The van der Waals surface area contributed by atoms with Crippen molar-refractivity contribution in [1.29, 1.82) is 0 Å². The summed E-state index contributed by atoms with van der Waals surface area (Å²) in [4.78, 5) is 12.8. The summed E-state index contributed by atoms with van der Waals surface area (Å²) in [7, 11) is 0. The molecule has 1 aliphatic heterocycles. The van der Waals surface area contributed by atoms with Crippen LogP contribution in [0.1, 0.15) is 12.8 Å². The van der Waals surface area contributed by atoms with Crippen LogP contribution in [-0.2, 0) is 4.79 Å². The molecule has 0 aromatic carbocycles. The van der Waals surface area contributed by atoms with Crippen molar-refractivity contribution in [3.8, 4) is 0 Å². The Morgan fingerprint density at radius 3 is 2.38 bits per heavy atom. The number of carbonyl (C=O) groups is 1. The molecule has 2 nitrogen and oxygen atoms in total. The molecule has 0 radical (unpaired) electrons. The van der Waals surface area contributed by atoms with E-state index < -0.39 is 0 Å². The lowest BCUT2D eigenvalue weighted by Crippen LogP contribution is -2.11. The molecule has 0 aromatic rings. The molecule has 0 N–H and O–H groups in total. The molecule has 2 rings (SSSR count). The largest absolute Gasteiger partial charge is 0.339 e. The highest BCUT2D eigenvalue weighted by Crippen LogP contribution is 2.32. The Morgan fingerprint density at radius 2 is 2.00 bits per heavy atom. The lowest BCUT2D eigenvalue weighted by atomic mass is 10.4. The highest BCUT2D eigenvalue weighted by molar-refractivity contribution is 5.82. The Morgan fingerprint density at radius 1 is 1.38 bits per heavy atom. The monoisotopic (exact) mass is 111 g/mol. The molecule has 1 heterocycles. The number of amides is 1. The molecule has 1 saturated heterocycles. The van der Waals surface area contributed by atoms with Crippen molar-refractivity contribution < 1.29 is 4.79 Å². The highest BCUT2D eigenvalue weighted by atomic mass is 16.2. The maximum Gasteiger partial charge on any atom is 0.225 e. The van der Waals surface area contributed by atoms with Crippen LogP contribution in [0.5, 0.6) is 0 Å². The minimum absolute atomic E-state index is 0.407. The number of rotatable bonds is 1. The summed E-state index contributed by atoms with van der Waals surface area (Å²) in [5.41, 5.74) is 0. The van der Waals surface area contributed by atoms with Crippen molar-refractivity contribution in [2.24, 2.45) is 5.92 Å². The van der Waals surface area contributed by atoms with E-state index in [4.69, 9.17) is 0 Å². The van der Waals surface area contributed by atoms with Crippen LogP contribution < -0.4 is 0 Å². The molecule has 0 aromatic heterocycles. The lowest BCUT2D eigenvalue weighted by Gasteiger charge is -1.94. The summed E-state index contributed by atoms with van der Waals surface area (Å²) < 4.78 is 0. The molecule has 0 spiro atoms. The van der Waals surface area contributed by atoms with E-state index in [2.05, 4.69) is 0 Å². The van der Waals surface area contributed by atoms with Crippen molar-refractivity contribution in [3.63, 3.8) is 0 Å². The summed E-state index contributed by atoms with van der Waals surface area (Å²) in [6.45, 7) is 2.05. The molecule has 1 amide bonds. The fraction of sp³-hybridized carbons (Fsp3) is 0.833. The number of nitrogens with zero attached hydrogens (tertiary/aromatic N) is 1. The van der Waals surface area contributed by atoms with E-state index in [1.165, 1.54) is 0 Å². The highest BCUT2D eigenvalue weighted by Gasteiger charge is 2.37. The Balaban J connectivity index is 1.93. The van der Waals surface area contributed by atoms with E-state index in [-0.39, 0.29) is 0 Å². The Labute approximate surface area is 48.5 Å². The van der Waals surface area contributed by atoms with E-state index in [1.807, 2.05) is 4.90 Å². The van der Waals surface area contributed by atoms with E-state index in [9.17, 15) is 4.79 Å². The van der Waals surface area contributed by atoms with Crippen LogP contribution in [0.15, 0.2) is 0 Å². The molecule has 0 atom stereocenters. The number of hydrogen-bond acceptors (Lipinski definition) is 1. The SMILES string of the molecule is O=C(C1CC1)N1CC1. The van der Waals surface area contributed by atoms with Crippen LogP contribution >= 0.6 is 0 Å². The predicted octanol–water partition coefficient (Wildman–Crippen LogP) is 0.239. The van der Waals surface area contributed by atoms with Crippen LogP contribution in [0.3, 0.4) is 0 Å². The molecule has 8 heavy (non-hydrogen) atoms. The van der Waals surface area contributed by atoms with Crippen molar-refractivity contribution >= 4 is 5.91 Å². The van der Waals surface area contributed by atoms with Gasteiger partial charge < -0.3 is 4.90 Å². The first-order valence-electron chi connectivity index (χ1n) is 3.17. The molecular formula is C6H9NO. The second-order valence-corrected chi connectivity index (χ2v) is 2.60. The standard InChI is InChI=1S/C6H9NO/c8-6(5-1-2-5)7-3-4-7/h5H,1-4H2. The average molecular weight is 111 g/mol. The number of hydrogen-bond donors (Lipinski definition) is 0. The molecule has 44 valence electrons. The molecule has 2 heteroatoms. The summed E-state index contributed by atoms with van der Waals surface area (Å²) in [5, 5.41) is 0. The predicted molar refractivity (Wildman–Crippen MR) is 29.3 cm³/mol. The molecule has 1 aliphatic carbocycles. The molecule has 2 aliphatic rings. The van der Waals surface area contributed by atoms with Gasteiger partial charge in [0.1, 0.15) is 0 Å². The first kappa shape index (κ1) is 4.36. The average Bonchev–Trinajstić information content (AvgIpc) is 2.63. The molecule has 0 unspecified atom stereocenters. The van der Waals surface area contributed by atoms with Gasteiger partial charge in [-0.1, -0.05) is 0 Å². The quantitative estimate of drug-likeness (QED) is 0.444. The second kappa shape index (κ2) is 1.24. The topological polar surface area (TPSA) is 20.1 Å². The lowest BCUT2D eigenvalue weighted by molar-refractivity contribution is -0.126. The maximum absolute atomic E-state index is 10.9. The van der Waals surface area contributed by atoms with Gasteiger partial charge in [0.2, 0.25) is 5.91 Å². The normalized spacial score (nSPS) is 25.8. The van der Waals surface area contributed by atoms with Crippen molar-refractivity contribution in [3.05, 3.63) is 0 Å². The summed E-state index contributed by atoms with van der Waals surface area (Å²) in [5.74, 6) is 0.850. The zero-order chi connectivity index (χ0) is 5.56. The van der Waals surface area contributed by atoms with Gasteiger partial charge in [-0.05, 0) is 12.8 Å². The Hall–Kier alpha value is -0.530. The van der Waals surface area contributed by atoms with E-state index >= 15 is 0 Å². The first-order valence-corrected chi connectivity index (χ1v) is 3.17. The Bertz CT molecular complexity index is 110. The molecular weight excluding hydrogens is 102 g/mol. The molecule has 2 fully saturated rings. The van der Waals surface area contributed by atoms with Gasteiger partial charge in [-0.25, -0.2) is 0 Å². The fourth-order valence-corrected chi connectivity index (χ4v) is 0.859. The molecule has 1 saturated carbocycles. The zero-order valence-corrected chi connectivity index (χ0v) is 4.76. The summed E-state index contributed by atoms with van der Waals surface area (Å²) >= 11 is 0. The van der Waals surface area contributed by atoms with Crippen LogP contribution in [-0.4, -0.2) is 23.9 Å². The molecule has 0 bridgehead atoms. The van der Waals surface area contributed by atoms with Gasteiger partial charge in [-0.3, -0.25) is 4.79 Å². The van der Waals surface area contributed by atoms with Crippen molar-refractivity contribution in [1.82, 2.24) is 4.90 Å². The second-order valence-electron chi connectivity index (χ2n) is 2.60. The Kier molecular flexibility index (Phi) is 0.678. The first-order chi connectivity index (χ1) is 3.88. The van der Waals surface area contributed by atoms with Gasteiger partial charge >= 0.3 is 0 Å². The van der Waals surface area contributed by atoms with Crippen LogP contribution in [0.2, 0.25) is 0 Å². The van der Waals surface area contributed by atoms with Crippen LogP contribution in [0, 0.1) is 5.92 Å². The van der Waals surface area contributed by atoms with E-state index in [0.29, 0.717) is 11.8 Å². The fourth-order valence-electron chi connectivity index (χ4n) is 0.859. The number of carbonyl (C=O) groups excluding carboxylic acids is 1. The van der Waals surface area contributed by atoms with Crippen LogP contribution in [0.4, 0.5) is 0 Å². The summed E-state index contributed by atoms with van der Waals surface area (Å²) in [6, 6.07) is 0. The van der Waals surface area contributed by atoms with Gasteiger partial charge in [0.05, 0.1) is 0 Å². The van der Waals surface area contributed by atoms with Gasteiger partial charge in [-0.2, -0.15) is 0 Å². The third-order valence-corrected chi connectivity index (χ3v) is 1.69. The zero-order valence-electron chi connectivity index (χ0n) is 4.76. The third kappa shape index (κ3) is 0.602. The third-order valence-electron chi connectivity index (χ3n) is 1.69. The van der Waals surface area contributed by atoms with Gasteiger partial charge in [0, 0.05) is 19.0 Å². The van der Waals surface area contributed by atoms with E-state index in [0.717, 1.165) is 25.9 Å². The smallest absolute Gasteiger partial charge is 0.225 e. The van der Waals surface area contributed by atoms with E-state index in [1.54, 1.807) is 0 Å². The van der Waals surface area contributed by atoms with Crippen LogP contribution in [0.25, 0.3) is 0 Å². The minimum atomic E-state index is 0.407. The summed E-state index contributed by atoms with van der Waals surface area (Å²) in [6.07, 6.45) is 2.30. The van der Waals surface area contributed by atoms with Gasteiger partial charge in [-0.15, -0.1) is 0 Å². The van der Waals surface area contributed by atoms with Gasteiger partial charge in [0.15, 0.2) is 0 Å².